The van der Waals surface area contributed by atoms with Crippen LogP contribution in [0.3, 0.4) is 0 Å². The molecule has 0 aromatic carbocycles. The third kappa shape index (κ3) is 6.23. The van der Waals surface area contributed by atoms with Crippen LogP contribution in [-0.4, -0.2) is 35.5 Å². The Hall–Kier alpha value is -0.800. The van der Waals surface area contributed by atoms with E-state index < -0.39 is 0 Å². The summed E-state index contributed by atoms with van der Waals surface area (Å²) < 4.78 is 0.899. The number of aliphatic hydroxyl groups is 1. The van der Waals surface area contributed by atoms with E-state index in [9.17, 15) is 5.11 Å². The molecule has 1 heterocycles. The lowest BCUT2D eigenvalue weighted by molar-refractivity contribution is -0.900. The zero-order valence-corrected chi connectivity index (χ0v) is 14.1. The van der Waals surface area contributed by atoms with E-state index >= 15 is 0 Å². The summed E-state index contributed by atoms with van der Waals surface area (Å²) in [6.07, 6.45) is 19.6. The van der Waals surface area contributed by atoms with Crippen LogP contribution < -0.4 is 5.32 Å². The molecular formula is C18H35N2O+. The fourth-order valence-electron chi connectivity index (χ4n) is 3.15. The van der Waals surface area contributed by atoms with Crippen molar-refractivity contribution in [1.29, 1.82) is 0 Å². The molecule has 0 aromatic rings. The number of nitrogens with zero attached hydrogens (tertiary/aromatic N) is 1. The summed E-state index contributed by atoms with van der Waals surface area (Å²) in [5.74, 6) is 0. The highest BCUT2D eigenvalue weighted by atomic mass is 16.3. The highest BCUT2D eigenvalue weighted by Crippen LogP contribution is 2.22. The Kier molecular flexibility index (Phi) is 9.44. The molecule has 0 amide bonds. The van der Waals surface area contributed by atoms with Crippen LogP contribution in [0, 0.1) is 0 Å². The monoisotopic (exact) mass is 295 g/mol. The van der Waals surface area contributed by atoms with Crippen molar-refractivity contribution >= 4 is 0 Å². The molecule has 0 aromatic heterocycles. The first-order valence-electron chi connectivity index (χ1n) is 8.85. The van der Waals surface area contributed by atoms with Crippen molar-refractivity contribution in [2.24, 2.45) is 0 Å². The molecule has 3 heteroatoms. The maximum absolute atomic E-state index is 9.29. The molecule has 1 aliphatic rings. The van der Waals surface area contributed by atoms with Crippen LogP contribution in [0.25, 0.3) is 0 Å². The smallest absolute Gasteiger partial charge is 0.166 e. The lowest BCUT2D eigenvalue weighted by atomic mass is 10.1. The third-order valence-electron chi connectivity index (χ3n) is 4.61. The van der Waals surface area contributed by atoms with Gasteiger partial charge in [0, 0.05) is 6.42 Å². The zero-order valence-electron chi connectivity index (χ0n) is 14.1. The number of rotatable bonds is 12. The van der Waals surface area contributed by atoms with Crippen molar-refractivity contribution in [3.8, 4) is 0 Å². The second-order valence-electron chi connectivity index (χ2n) is 6.12. The molecule has 2 N–H and O–H groups in total. The van der Waals surface area contributed by atoms with Crippen LogP contribution in [0.15, 0.2) is 24.6 Å². The largest absolute Gasteiger partial charge is 0.390 e. The minimum absolute atomic E-state index is 0.264. The average Bonchev–Trinajstić information content (AvgIpc) is 2.89. The number of hydrogen-bond acceptors (Lipinski definition) is 2. The number of allylic oxidation sites excluding steroid dienone is 2. The van der Waals surface area contributed by atoms with Gasteiger partial charge in [0.1, 0.15) is 12.7 Å². The lowest BCUT2D eigenvalue weighted by Crippen LogP contribution is -2.54. The van der Waals surface area contributed by atoms with Crippen LogP contribution in [0.2, 0.25) is 0 Å². The average molecular weight is 295 g/mol. The summed E-state index contributed by atoms with van der Waals surface area (Å²) in [5.41, 5.74) is 0. The van der Waals surface area contributed by atoms with Gasteiger partial charge in [0.25, 0.3) is 0 Å². The van der Waals surface area contributed by atoms with E-state index in [0.29, 0.717) is 6.17 Å². The van der Waals surface area contributed by atoms with Crippen LogP contribution >= 0.6 is 0 Å². The summed E-state index contributed by atoms with van der Waals surface area (Å²) >= 11 is 0. The summed E-state index contributed by atoms with van der Waals surface area (Å²) in [5, 5.41) is 12.8. The molecule has 0 aliphatic carbocycles. The Bertz CT molecular complexity index is 314. The van der Waals surface area contributed by atoms with Gasteiger partial charge in [-0.05, 0) is 32.6 Å². The second-order valence-corrected chi connectivity index (χ2v) is 6.12. The molecule has 0 saturated carbocycles. The Morgan fingerprint density at radius 2 is 1.86 bits per heavy atom. The number of nitrogens with one attached hydrogen (secondary N) is 1. The maximum atomic E-state index is 9.29. The standard InChI is InChI=1S/C18H35N2O/c1-3-5-6-7-8-9-10-11-12-13-18-19-14-15-20(18,4-2)16-17-21/h6-7,14-15,18-19,21H,3-5,8-13,16-17H2,1-2H3/q+1/b7-6+. The van der Waals surface area contributed by atoms with Crippen molar-refractivity contribution in [1.82, 2.24) is 5.32 Å². The van der Waals surface area contributed by atoms with Gasteiger partial charge >= 0.3 is 0 Å². The van der Waals surface area contributed by atoms with E-state index in [1.165, 1.54) is 51.4 Å². The first kappa shape index (κ1) is 18.2. The quantitative estimate of drug-likeness (QED) is 0.325. The van der Waals surface area contributed by atoms with E-state index in [4.69, 9.17) is 0 Å². The molecular weight excluding hydrogens is 260 g/mol. The maximum Gasteiger partial charge on any atom is 0.166 e. The number of hydrogen-bond donors (Lipinski definition) is 2. The Morgan fingerprint density at radius 3 is 2.57 bits per heavy atom. The minimum atomic E-state index is 0.264. The van der Waals surface area contributed by atoms with Crippen LogP contribution in [0.5, 0.6) is 0 Å². The molecule has 0 bridgehead atoms. The first-order chi connectivity index (χ1) is 10.3. The normalized spacial score (nSPS) is 24.8. The number of likely N-dealkylation sites (N-methyl/N-ethyl adjacent to an activating group) is 1. The third-order valence-corrected chi connectivity index (χ3v) is 4.61. The van der Waals surface area contributed by atoms with Crippen molar-refractivity contribution < 1.29 is 9.59 Å². The van der Waals surface area contributed by atoms with Gasteiger partial charge in [-0.25, -0.2) is 0 Å². The SMILES string of the molecule is CCC/C=C/CCCCCCC1NC=C[N+]1(CC)CCO. The predicted molar refractivity (Wildman–Crippen MR) is 90.6 cm³/mol. The van der Waals surface area contributed by atoms with Crippen molar-refractivity contribution in [2.75, 3.05) is 19.7 Å². The Labute approximate surface area is 131 Å². The fourth-order valence-corrected chi connectivity index (χ4v) is 3.15. The van der Waals surface area contributed by atoms with Gasteiger partial charge in [-0.3, -0.25) is 4.48 Å². The molecule has 122 valence electrons. The van der Waals surface area contributed by atoms with E-state index in [0.717, 1.165) is 17.6 Å². The molecule has 0 saturated heterocycles. The van der Waals surface area contributed by atoms with Gasteiger partial charge in [-0.1, -0.05) is 38.3 Å². The molecule has 1 aliphatic heterocycles. The molecule has 21 heavy (non-hydrogen) atoms. The van der Waals surface area contributed by atoms with Crippen LogP contribution in [-0.2, 0) is 0 Å². The first-order valence-corrected chi connectivity index (χ1v) is 8.85. The molecule has 0 radical (unpaired) electrons. The van der Waals surface area contributed by atoms with Crippen molar-refractivity contribution in [3.63, 3.8) is 0 Å². The highest BCUT2D eigenvalue weighted by Gasteiger charge is 2.35. The molecule has 2 unspecified atom stereocenters. The van der Waals surface area contributed by atoms with Crippen molar-refractivity contribution in [3.05, 3.63) is 24.6 Å². The van der Waals surface area contributed by atoms with Crippen molar-refractivity contribution in [2.45, 2.75) is 71.4 Å². The topological polar surface area (TPSA) is 32.3 Å². The van der Waals surface area contributed by atoms with Crippen LogP contribution in [0.1, 0.15) is 65.2 Å². The fraction of sp³-hybridized carbons (Fsp3) is 0.778. The minimum Gasteiger partial charge on any atom is -0.390 e. The number of aliphatic hydroxyl groups excluding tert-OH is 1. The van der Waals surface area contributed by atoms with E-state index in [-0.39, 0.29) is 6.61 Å². The molecule has 0 fully saturated rings. The van der Waals surface area contributed by atoms with Gasteiger partial charge in [0.15, 0.2) is 6.17 Å². The number of quaternary nitrogens is 1. The Balaban J connectivity index is 2.12. The molecule has 2 atom stereocenters. The van der Waals surface area contributed by atoms with Gasteiger partial charge in [-0.2, -0.15) is 0 Å². The van der Waals surface area contributed by atoms with Gasteiger partial charge < -0.3 is 10.4 Å². The van der Waals surface area contributed by atoms with E-state index in [1.807, 2.05) is 0 Å². The van der Waals surface area contributed by atoms with E-state index in [2.05, 4.69) is 43.7 Å². The lowest BCUT2D eigenvalue weighted by Gasteiger charge is -2.36. The second kappa shape index (κ2) is 10.9. The summed E-state index contributed by atoms with van der Waals surface area (Å²) in [7, 11) is 0. The van der Waals surface area contributed by atoms with Gasteiger partial charge in [0.05, 0.1) is 19.4 Å². The van der Waals surface area contributed by atoms with E-state index in [1.54, 1.807) is 0 Å². The molecule has 3 nitrogen and oxygen atoms in total. The summed E-state index contributed by atoms with van der Waals surface area (Å²) in [6.45, 7) is 6.58. The van der Waals surface area contributed by atoms with Crippen LogP contribution in [0.4, 0.5) is 0 Å². The molecule has 1 rings (SSSR count). The summed E-state index contributed by atoms with van der Waals surface area (Å²) in [6, 6.07) is 0. The number of unbranched alkanes of at least 4 members (excludes halogenated alkanes) is 5. The Morgan fingerprint density at radius 1 is 1.10 bits per heavy atom. The molecule has 0 spiro atoms. The predicted octanol–water partition coefficient (Wildman–Crippen LogP) is 3.91. The zero-order chi connectivity index (χ0) is 15.4. The summed E-state index contributed by atoms with van der Waals surface area (Å²) in [4.78, 5) is 0. The van der Waals surface area contributed by atoms with Gasteiger partial charge in [0.2, 0.25) is 0 Å². The highest BCUT2D eigenvalue weighted by molar-refractivity contribution is 4.84. The van der Waals surface area contributed by atoms with Gasteiger partial charge in [-0.15, -0.1) is 0 Å².